The Morgan fingerprint density at radius 3 is 1.35 bits per heavy atom. The molecule has 0 amide bonds. The molecule has 0 fully saturated rings. The largest absolute Gasteiger partial charge is 0.493 e. The highest BCUT2D eigenvalue weighted by Crippen LogP contribution is 2.45. The number of nitro benzene ring substituents is 1. The average molecular weight is 469 g/mol. The van der Waals surface area contributed by atoms with E-state index in [4.69, 9.17) is 28.4 Å². The van der Waals surface area contributed by atoms with E-state index >= 15 is 0 Å². The predicted octanol–water partition coefficient (Wildman–Crippen LogP) is 4.83. The molecule has 34 heavy (non-hydrogen) atoms. The molecule has 0 saturated heterocycles. The summed E-state index contributed by atoms with van der Waals surface area (Å²) in [5.41, 5.74) is 1.76. The molecule has 0 radical (unpaired) electrons. The standard InChI is InChI=1S/C25H27NO8/c1-29-19-9-7-15(11-21(19)31-3)25(16-8-10-20(30-2)22(12-16)32-4)17-13-23(33-5)24(34-6)14-18(17)26(27)28/h7-14,25H,1-6H3. The number of benzene rings is 3. The number of methoxy groups -OCH3 is 6. The number of rotatable bonds is 10. The first-order chi connectivity index (χ1) is 16.4. The van der Waals surface area contributed by atoms with Crippen LogP contribution in [0.2, 0.25) is 0 Å². The van der Waals surface area contributed by atoms with Crippen molar-refractivity contribution in [1.82, 2.24) is 0 Å². The van der Waals surface area contributed by atoms with Crippen molar-refractivity contribution in [3.8, 4) is 34.5 Å². The van der Waals surface area contributed by atoms with Gasteiger partial charge in [-0.2, -0.15) is 0 Å². The van der Waals surface area contributed by atoms with Gasteiger partial charge in [0.15, 0.2) is 34.5 Å². The first-order valence-electron chi connectivity index (χ1n) is 10.3. The summed E-state index contributed by atoms with van der Waals surface area (Å²) in [5, 5.41) is 12.1. The molecule has 0 unspecified atom stereocenters. The van der Waals surface area contributed by atoms with Gasteiger partial charge in [0.05, 0.1) is 53.6 Å². The summed E-state index contributed by atoms with van der Waals surface area (Å²) in [6.07, 6.45) is 0. The molecule has 0 atom stereocenters. The highest BCUT2D eigenvalue weighted by molar-refractivity contribution is 5.62. The minimum atomic E-state index is -0.584. The minimum absolute atomic E-state index is 0.118. The molecule has 0 heterocycles. The van der Waals surface area contributed by atoms with Crippen LogP contribution in [0, 0.1) is 10.1 Å². The van der Waals surface area contributed by atoms with Gasteiger partial charge in [0, 0.05) is 11.5 Å². The third kappa shape index (κ3) is 4.63. The molecule has 0 aromatic heterocycles. The Hall–Kier alpha value is -4.14. The van der Waals surface area contributed by atoms with Crippen molar-refractivity contribution in [3.63, 3.8) is 0 Å². The number of ether oxygens (including phenoxy) is 6. The van der Waals surface area contributed by atoms with Gasteiger partial charge in [-0.25, -0.2) is 0 Å². The lowest BCUT2D eigenvalue weighted by molar-refractivity contribution is -0.385. The monoisotopic (exact) mass is 469 g/mol. The van der Waals surface area contributed by atoms with Crippen LogP contribution in [0.5, 0.6) is 34.5 Å². The second kappa shape index (κ2) is 10.7. The lowest BCUT2D eigenvalue weighted by Crippen LogP contribution is -2.09. The summed E-state index contributed by atoms with van der Waals surface area (Å²) < 4.78 is 32.5. The average Bonchev–Trinajstić information content (AvgIpc) is 2.87. The lowest BCUT2D eigenvalue weighted by Gasteiger charge is -2.22. The molecule has 3 aromatic rings. The molecule has 0 aliphatic heterocycles. The lowest BCUT2D eigenvalue weighted by atomic mass is 9.83. The molecular weight excluding hydrogens is 442 g/mol. The van der Waals surface area contributed by atoms with Crippen molar-refractivity contribution >= 4 is 5.69 Å². The second-order valence-corrected chi connectivity index (χ2v) is 7.18. The molecule has 0 saturated carbocycles. The molecule has 180 valence electrons. The van der Waals surface area contributed by atoms with Crippen LogP contribution in [0.25, 0.3) is 0 Å². The summed E-state index contributed by atoms with van der Waals surface area (Å²) in [4.78, 5) is 11.7. The maximum absolute atomic E-state index is 12.1. The zero-order valence-electron chi connectivity index (χ0n) is 19.9. The van der Waals surface area contributed by atoms with E-state index in [1.807, 2.05) is 12.1 Å². The van der Waals surface area contributed by atoms with Crippen LogP contribution in [0.1, 0.15) is 22.6 Å². The van der Waals surface area contributed by atoms with Crippen LogP contribution in [0.4, 0.5) is 5.69 Å². The van der Waals surface area contributed by atoms with Gasteiger partial charge in [-0.05, 0) is 41.5 Å². The zero-order valence-corrected chi connectivity index (χ0v) is 19.9. The van der Waals surface area contributed by atoms with Gasteiger partial charge < -0.3 is 28.4 Å². The van der Waals surface area contributed by atoms with E-state index in [2.05, 4.69) is 0 Å². The summed E-state index contributed by atoms with van der Waals surface area (Å²) >= 11 is 0. The van der Waals surface area contributed by atoms with E-state index in [0.29, 0.717) is 34.3 Å². The number of nitrogens with zero attached hydrogens (tertiary/aromatic N) is 1. The van der Waals surface area contributed by atoms with Gasteiger partial charge in [0.2, 0.25) is 0 Å². The Balaban J connectivity index is 2.37. The highest BCUT2D eigenvalue weighted by atomic mass is 16.6. The zero-order chi connectivity index (χ0) is 24.8. The topological polar surface area (TPSA) is 98.5 Å². The molecule has 0 bridgehead atoms. The normalized spacial score (nSPS) is 10.6. The fourth-order valence-corrected chi connectivity index (χ4v) is 3.89. The maximum Gasteiger partial charge on any atom is 0.277 e. The molecule has 3 rings (SSSR count). The summed E-state index contributed by atoms with van der Waals surface area (Å²) in [6.45, 7) is 0. The second-order valence-electron chi connectivity index (χ2n) is 7.18. The highest BCUT2D eigenvalue weighted by Gasteiger charge is 2.29. The first kappa shape index (κ1) is 24.5. The summed E-state index contributed by atoms with van der Waals surface area (Å²) in [7, 11) is 9.07. The van der Waals surface area contributed by atoms with Crippen LogP contribution in [-0.2, 0) is 0 Å². The number of hydrogen-bond acceptors (Lipinski definition) is 8. The van der Waals surface area contributed by atoms with Crippen LogP contribution in [-0.4, -0.2) is 47.6 Å². The fraction of sp³-hybridized carbons (Fsp3) is 0.280. The van der Waals surface area contributed by atoms with Gasteiger partial charge in [0.1, 0.15) is 0 Å². The van der Waals surface area contributed by atoms with Gasteiger partial charge in [-0.1, -0.05) is 12.1 Å². The summed E-state index contributed by atoms with van der Waals surface area (Å²) in [5.74, 6) is 2.12. The third-order valence-corrected chi connectivity index (χ3v) is 5.52. The maximum atomic E-state index is 12.1. The van der Waals surface area contributed by atoms with Crippen LogP contribution < -0.4 is 28.4 Å². The van der Waals surface area contributed by atoms with Crippen molar-refractivity contribution in [2.45, 2.75) is 5.92 Å². The molecular formula is C25H27NO8. The van der Waals surface area contributed by atoms with E-state index in [1.54, 1.807) is 44.6 Å². The van der Waals surface area contributed by atoms with E-state index in [1.165, 1.54) is 34.5 Å². The van der Waals surface area contributed by atoms with Crippen molar-refractivity contribution in [3.05, 3.63) is 75.3 Å². The smallest absolute Gasteiger partial charge is 0.277 e. The van der Waals surface area contributed by atoms with Crippen LogP contribution in [0.3, 0.4) is 0 Å². The SMILES string of the molecule is COc1ccc(C(c2ccc(OC)c(OC)c2)c2cc(OC)c(OC)cc2[N+](=O)[O-])cc1OC. The van der Waals surface area contributed by atoms with E-state index < -0.39 is 10.8 Å². The Morgan fingerprint density at radius 2 is 0.971 bits per heavy atom. The molecule has 9 nitrogen and oxygen atoms in total. The molecule has 0 aliphatic carbocycles. The first-order valence-corrected chi connectivity index (χ1v) is 10.3. The van der Waals surface area contributed by atoms with Crippen molar-refractivity contribution in [2.24, 2.45) is 0 Å². The molecule has 0 N–H and O–H groups in total. The van der Waals surface area contributed by atoms with Crippen molar-refractivity contribution in [2.75, 3.05) is 42.7 Å². The van der Waals surface area contributed by atoms with Gasteiger partial charge in [-0.15, -0.1) is 0 Å². The fourth-order valence-electron chi connectivity index (χ4n) is 3.89. The predicted molar refractivity (Wildman–Crippen MR) is 126 cm³/mol. The van der Waals surface area contributed by atoms with E-state index in [0.717, 1.165) is 11.1 Å². The van der Waals surface area contributed by atoms with E-state index in [-0.39, 0.29) is 11.4 Å². The Labute approximate surface area is 197 Å². The van der Waals surface area contributed by atoms with Crippen LogP contribution >= 0.6 is 0 Å². The Bertz CT molecular complexity index is 1120. The molecule has 0 aliphatic rings. The molecule has 9 heteroatoms. The number of hydrogen-bond donors (Lipinski definition) is 0. The Kier molecular flexibility index (Phi) is 7.68. The van der Waals surface area contributed by atoms with Gasteiger partial charge in [0.25, 0.3) is 5.69 Å². The third-order valence-electron chi connectivity index (χ3n) is 5.52. The number of nitro groups is 1. The van der Waals surface area contributed by atoms with Crippen LogP contribution in [0.15, 0.2) is 48.5 Å². The van der Waals surface area contributed by atoms with Crippen molar-refractivity contribution < 1.29 is 33.3 Å². The summed E-state index contributed by atoms with van der Waals surface area (Å²) in [6, 6.07) is 13.8. The van der Waals surface area contributed by atoms with Gasteiger partial charge in [-0.3, -0.25) is 10.1 Å². The van der Waals surface area contributed by atoms with Gasteiger partial charge >= 0.3 is 0 Å². The Morgan fingerprint density at radius 1 is 0.588 bits per heavy atom. The van der Waals surface area contributed by atoms with Crippen molar-refractivity contribution in [1.29, 1.82) is 0 Å². The quantitative estimate of drug-likeness (QED) is 0.237. The van der Waals surface area contributed by atoms with E-state index in [9.17, 15) is 10.1 Å². The molecule has 3 aromatic carbocycles. The minimum Gasteiger partial charge on any atom is -0.493 e. The molecule has 0 spiro atoms.